The van der Waals surface area contributed by atoms with Crippen molar-refractivity contribution in [3.8, 4) is 0 Å². The van der Waals surface area contributed by atoms with Crippen LogP contribution in [0.5, 0.6) is 0 Å². The molecule has 0 radical (unpaired) electrons. The van der Waals surface area contributed by atoms with Crippen molar-refractivity contribution in [2.45, 2.75) is 39.0 Å². The van der Waals surface area contributed by atoms with Crippen LogP contribution in [0.2, 0.25) is 10.0 Å². The van der Waals surface area contributed by atoms with Crippen LogP contribution in [0.1, 0.15) is 39.0 Å². The lowest BCUT2D eigenvalue weighted by Crippen LogP contribution is -2.11. The van der Waals surface area contributed by atoms with E-state index in [1.807, 2.05) is 0 Å². The Kier molecular flexibility index (Phi) is 6.38. The molecule has 0 atom stereocenters. The van der Waals surface area contributed by atoms with Gasteiger partial charge in [0, 0.05) is 6.42 Å². The monoisotopic (exact) mass is 273 g/mol. The fourth-order valence-corrected chi connectivity index (χ4v) is 2.02. The molecule has 1 aromatic rings. The summed E-state index contributed by atoms with van der Waals surface area (Å²) in [4.78, 5) is 11.7. The molecule has 0 aliphatic heterocycles. The van der Waals surface area contributed by atoms with Crippen LogP contribution in [0.25, 0.3) is 0 Å². The maximum atomic E-state index is 11.7. The molecule has 0 aromatic heterocycles. The van der Waals surface area contributed by atoms with Crippen molar-refractivity contribution >= 4 is 34.8 Å². The van der Waals surface area contributed by atoms with Crippen molar-refractivity contribution < 1.29 is 4.79 Å². The number of unbranched alkanes of at least 4 members (excludes halogenated alkanes) is 3. The smallest absolute Gasteiger partial charge is 0.224 e. The summed E-state index contributed by atoms with van der Waals surface area (Å²) in [6.07, 6.45) is 4.83. The molecule has 2 nitrogen and oxygen atoms in total. The molecular formula is C13H17Cl2NO. The number of anilines is 1. The lowest BCUT2D eigenvalue weighted by atomic mass is 10.1. The molecule has 0 spiro atoms. The van der Waals surface area contributed by atoms with Crippen LogP contribution in [-0.4, -0.2) is 5.91 Å². The van der Waals surface area contributed by atoms with E-state index >= 15 is 0 Å². The van der Waals surface area contributed by atoms with Crippen molar-refractivity contribution in [3.63, 3.8) is 0 Å². The van der Waals surface area contributed by atoms with Crippen LogP contribution in [-0.2, 0) is 4.79 Å². The summed E-state index contributed by atoms with van der Waals surface area (Å²) in [5.74, 6) is -0.0314. The first-order chi connectivity index (χ1) is 8.15. The highest BCUT2D eigenvalue weighted by atomic mass is 35.5. The first-order valence-corrected chi connectivity index (χ1v) is 6.64. The lowest BCUT2D eigenvalue weighted by molar-refractivity contribution is -0.116. The minimum Gasteiger partial charge on any atom is -0.324 e. The number of para-hydroxylation sites is 1. The minimum absolute atomic E-state index is 0.0314. The zero-order valence-corrected chi connectivity index (χ0v) is 11.4. The van der Waals surface area contributed by atoms with Gasteiger partial charge in [0.05, 0.1) is 15.7 Å². The number of carbonyl (C=O) groups is 1. The van der Waals surface area contributed by atoms with Gasteiger partial charge in [0.2, 0.25) is 5.91 Å². The highest BCUT2D eigenvalue weighted by Crippen LogP contribution is 2.29. The summed E-state index contributed by atoms with van der Waals surface area (Å²) in [7, 11) is 0. The van der Waals surface area contributed by atoms with E-state index < -0.39 is 0 Å². The van der Waals surface area contributed by atoms with Crippen LogP contribution < -0.4 is 5.32 Å². The number of hydrogen-bond donors (Lipinski definition) is 1. The number of hydrogen-bond acceptors (Lipinski definition) is 1. The number of rotatable bonds is 6. The third-order valence-corrected chi connectivity index (χ3v) is 3.11. The quantitative estimate of drug-likeness (QED) is 0.734. The topological polar surface area (TPSA) is 29.1 Å². The molecule has 0 aliphatic carbocycles. The van der Waals surface area contributed by atoms with Crippen LogP contribution in [0.3, 0.4) is 0 Å². The van der Waals surface area contributed by atoms with Crippen molar-refractivity contribution in [1.29, 1.82) is 0 Å². The van der Waals surface area contributed by atoms with Gasteiger partial charge in [0.15, 0.2) is 0 Å². The number of benzene rings is 1. The van der Waals surface area contributed by atoms with Gasteiger partial charge in [-0.05, 0) is 18.6 Å². The molecule has 0 fully saturated rings. The van der Waals surface area contributed by atoms with Gasteiger partial charge < -0.3 is 5.32 Å². The van der Waals surface area contributed by atoms with Gasteiger partial charge in [-0.25, -0.2) is 0 Å². The molecule has 0 saturated carbocycles. The first kappa shape index (κ1) is 14.3. The second kappa shape index (κ2) is 7.57. The van der Waals surface area contributed by atoms with Crippen molar-refractivity contribution in [2.24, 2.45) is 0 Å². The molecule has 0 aliphatic rings. The highest BCUT2D eigenvalue weighted by Gasteiger charge is 2.08. The lowest BCUT2D eigenvalue weighted by Gasteiger charge is -2.08. The molecule has 0 bridgehead atoms. The maximum Gasteiger partial charge on any atom is 0.224 e. The molecular weight excluding hydrogens is 257 g/mol. The van der Waals surface area contributed by atoms with Crippen molar-refractivity contribution in [1.82, 2.24) is 0 Å². The Balaban J connectivity index is 2.45. The Bertz CT molecular complexity index is 359. The molecule has 17 heavy (non-hydrogen) atoms. The summed E-state index contributed by atoms with van der Waals surface area (Å²) in [5, 5.41) is 3.70. The van der Waals surface area contributed by atoms with Crippen molar-refractivity contribution in [2.75, 3.05) is 5.32 Å². The summed E-state index contributed by atoms with van der Waals surface area (Å²) in [6, 6.07) is 5.17. The molecule has 1 aromatic carbocycles. The Morgan fingerprint density at radius 2 is 1.82 bits per heavy atom. The predicted molar refractivity (Wildman–Crippen MR) is 73.9 cm³/mol. The number of halogens is 2. The average Bonchev–Trinajstić information content (AvgIpc) is 2.30. The fraction of sp³-hybridized carbons (Fsp3) is 0.462. The van der Waals surface area contributed by atoms with E-state index in [0.29, 0.717) is 22.2 Å². The summed E-state index contributed by atoms with van der Waals surface area (Å²) in [6.45, 7) is 2.14. The Morgan fingerprint density at radius 1 is 1.18 bits per heavy atom. The molecule has 1 rings (SSSR count). The molecule has 1 N–H and O–H groups in total. The maximum absolute atomic E-state index is 11.7. The Morgan fingerprint density at radius 3 is 2.41 bits per heavy atom. The third-order valence-electron chi connectivity index (χ3n) is 2.48. The third kappa shape index (κ3) is 4.97. The minimum atomic E-state index is -0.0314. The van der Waals surface area contributed by atoms with E-state index in [2.05, 4.69) is 12.2 Å². The van der Waals surface area contributed by atoms with Gasteiger partial charge in [-0.15, -0.1) is 0 Å². The largest absolute Gasteiger partial charge is 0.324 e. The molecule has 4 heteroatoms. The molecule has 0 saturated heterocycles. The van der Waals surface area contributed by atoms with Crippen LogP contribution in [0.15, 0.2) is 18.2 Å². The van der Waals surface area contributed by atoms with Crippen LogP contribution in [0.4, 0.5) is 5.69 Å². The van der Waals surface area contributed by atoms with E-state index in [9.17, 15) is 4.79 Å². The number of nitrogens with one attached hydrogen (secondary N) is 1. The fourth-order valence-electron chi connectivity index (χ4n) is 1.53. The van der Waals surface area contributed by atoms with E-state index in [4.69, 9.17) is 23.2 Å². The molecule has 0 heterocycles. The number of amides is 1. The first-order valence-electron chi connectivity index (χ1n) is 5.89. The van der Waals surface area contributed by atoms with Gasteiger partial charge in [-0.2, -0.15) is 0 Å². The van der Waals surface area contributed by atoms with Crippen LogP contribution in [0, 0.1) is 0 Å². The molecule has 94 valence electrons. The van der Waals surface area contributed by atoms with E-state index in [-0.39, 0.29) is 5.91 Å². The second-order valence-corrected chi connectivity index (χ2v) is 4.77. The van der Waals surface area contributed by atoms with Gasteiger partial charge in [0.1, 0.15) is 0 Å². The standard InChI is InChI=1S/C13H17Cl2NO/c1-2-3-4-5-9-12(17)16-13-10(14)7-6-8-11(13)15/h6-8H,2-5,9H2,1H3,(H,16,17). The molecule has 0 unspecified atom stereocenters. The van der Waals surface area contributed by atoms with Gasteiger partial charge in [0.25, 0.3) is 0 Å². The zero-order valence-electron chi connectivity index (χ0n) is 9.93. The van der Waals surface area contributed by atoms with Crippen LogP contribution >= 0.6 is 23.2 Å². The number of carbonyl (C=O) groups excluding carboxylic acids is 1. The average molecular weight is 274 g/mol. The van der Waals surface area contributed by atoms with Crippen molar-refractivity contribution in [3.05, 3.63) is 28.2 Å². The van der Waals surface area contributed by atoms with E-state index in [0.717, 1.165) is 19.3 Å². The zero-order chi connectivity index (χ0) is 12.7. The van der Waals surface area contributed by atoms with Gasteiger partial charge >= 0.3 is 0 Å². The summed E-state index contributed by atoms with van der Waals surface area (Å²) >= 11 is 11.9. The Hall–Kier alpha value is -0.730. The summed E-state index contributed by atoms with van der Waals surface area (Å²) in [5.41, 5.74) is 0.510. The Labute approximate surface area is 112 Å². The molecule has 1 amide bonds. The van der Waals surface area contributed by atoms with E-state index in [1.165, 1.54) is 6.42 Å². The van der Waals surface area contributed by atoms with Gasteiger partial charge in [-0.1, -0.05) is 55.5 Å². The predicted octanol–water partition coefficient (Wildman–Crippen LogP) is 4.90. The normalized spacial score (nSPS) is 10.3. The van der Waals surface area contributed by atoms with E-state index in [1.54, 1.807) is 18.2 Å². The SMILES string of the molecule is CCCCCCC(=O)Nc1c(Cl)cccc1Cl. The highest BCUT2D eigenvalue weighted by molar-refractivity contribution is 6.39. The van der Waals surface area contributed by atoms with Gasteiger partial charge in [-0.3, -0.25) is 4.79 Å². The summed E-state index contributed by atoms with van der Waals surface area (Å²) < 4.78 is 0. The second-order valence-electron chi connectivity index (χ2n) is 3.96.